The van der Waals surface area contributed by atoms with Gasteiger partial charge in [0.15, 0.2) is 5.58 Å². The Morgan fingerprint density at radius 2 is 2.00 bits per heavy atom. The smallest absolute Gasteiger partial charge is 0.408 e. The molecule has 23 heavy (non-hydrogen) atoms. The van der Waals surface area contributed by atoms with Crippen molar-refractivity contribution in [1.82, 2.24) is 14.5 Å². The summed E-state index contributed by atoms with van der Waals surface area (Å²) >= 11 is 0. The summed E-state index contributed by atoms with van der Waals surface area (Å²) in [5.41, 5.74) is 1.89. The van der Waals surface area contributed by atoms with E-state index in [1.165, 1.54) is 4.57 Å². The van der Waals surface area contributed by atoms with Crippen LogP contribution in [-0.2, 0) is 11.3 Å². The molecular weight excluding hydrogens is 294 g/mol. The highest BCUT2D eigenvalue weighted by Crippen LogP contribution is 2.17. The quantitative estimate of drug-likeness (QED) is 0.741. The molecule has 2 heterocycles. The van der Waals surface area contributed by atoms with E-state index < -0.39 is 5.76 Å². The maximum Gasteiger partial charge on any atom is 0.420 e. The van der Waals surface area contributed by atoms with Crippen LogP contribution in [0.3, 0.4) is 0 Å². The van der Waals surface area contributed by atoms with Crippen LogP contribution in [0.4, 0.5) is 0 Å². The zero-order valence-electron chi connectivity index (χ0n) is 13.0. The molecule has 0 spiro atoms. The minimum Gasteiger partial charge on any atom is -0.408 e. The predicted octanol–water partition coefficient (Wildman–Crippen LogP) is 2.21. The molecule has 0 saturated heterocycles. The number of rotatable bonds is 4. The van der Waals surface area contributed by atoms with Gasteiger partial charge in [-0.05, 0) is 31.2 Å². The van der Waals surface area contributed by atoms with E-state index in [2.05, 4.69) is 4.98 Å². The highest BCUT2D eigenvalue weighted by molar-refractivity contribution is 5.79. The van der Waals surface area contributed by atoms with Gasteiger partial charge in [0.05, 0.1) is 17.3 Å². The van der Waals surface area contributed by atoms with Crippen LogP contribution in [-0.4, -0.2) is 27.4 Å². The van der Waals surface area contributed by atoms with Crippen molar-refractivity contribution in [3.63, 3.8) is 0 Å². The molecule has 6 nitrogen and oxygen atoms in total. The normalized spacial score (nSPS) is 12.3. The van der Waals surface area contributed by atoms with Crippen LogP contribution in [0.25, 0.3) is 11.1 Å². The monoisotopic (exact) mass is 311 g/mol. The number of carbonyl (C=O) groups excluding carboxylic acids is 1. The Morgan fingerprint density at radius 3 is 2.74 bits per heavy atom. The summed E-state index contributed by atoms with van der Waals surface area (Å²) in [6.07, 6.45) is 1.69. The number of hydrogen-bond acceptors (Lipinski definition) is 4. The van der Waals surface area contributed by atoms with Gasteiger partial charge in [-0.2, -0.15) is 0 Å². The number of amides is 1. The molecule has 1 amide bonds. The van der Waals surface area contributed by atoms with Crippen molar-refractivity contribution >= 4 is 17.0 Å². The van der Waals surface area contributed by atoms with Gasteiger partial charge in [0.1, 0.15) is 6.54 Å². The Bertz CT molecular complexity index is 883. The molecule has 1 atom stereocenters. The average molecular weight is 311 g/mol. The third-order valence-corrected chi connectivity index (χ3v) is 3.96. The van der Waals surface area contributed by atoms with E-state index in [-0.39, 0.29) is 18.5 Å². The van der Waals surface area contributed by atoms with Crippen LogP contribution in [0.15, 0.2) is 57.9 Å². The molecule has 1 aromatic carbocycles. The van der Waals surface area contributed by atoms with E-state index in [4.69, 9.17) is 4.42 Å². The number of aromatic nitrogens is 2. The Kier molecular flexibility index (Phi) is 3.97. The summed E-state index contributed by atoms with van der Waals surface area (Å²) in [4.78, 5) is 30.3. The first-order chi connectivity index (χ1) is 11.1. The Balaban J connectivity index is 1.83. The summed E-state index contributed by atoms with van der Waals surface area (Å²) in [6, 6.07) is 12.4. The van der Waals surface area contributed by atoms with Gasteiger partial charge in [0.2, 0.25) is 5.91 Å². The molecule has 0 aliphatic rings. The average Bonchev–Trinajstić information content (AvgIpc) is 2.90. The van der Waals surface area contributed by atoms with E-state index in [0.717, 1.165) is 5.69 Å². The van der Waals surface area contributed by atoms with Crippen molar-refractivity contribution in [2.24, 2.45) is 0 Å². The van der Waals surface area contributed by atoms with E-state index in [1.807, 2.05) is 25.1 Å². The maximum absolute atomic E-state index is 12.5. The van der Waals surface area contributed by atoms with E-state index in [9.17, 15) is 9.59 Å². The highest BCUT2D eigenvalue weighted by atomic mass is 16.4. The molecule has 2 aromatic heterocycles. The minimum absolute atomic E-state index is 0.0660. The van der Waals surface area contributed by atoms with Crippen molar-refractivity contribution in [3.8, 4) is 0 Å². The molecule has 0 saturated carbocycles. The molecular formula is C17H17N3O3. The molecule has 118 valence electrons. The van der Waals surface area contributed by atoms with Crippen LogP contribution in [0.2, 0.25) is 0 Å². The third kappa shape index (κ3) is 2.88. The number of oxazole rings is 1. The van der Waals surface area contributed by atoms with Gasteiger partial charge in [-0.1, -0.05) is 18.2 Å². The molecule has 0 bridgehead atoms. The number of likely N-dealkylation sites (N-methyl/N-ethyl adjacent to an activating group) is 1. The van der Waals surface area contributed by atoms with Crippen molar-refractivity contribution in [1.29, 1.82) is 0 Å². The van der Waals surface area contributed by atoms with Gasteiger partial charge in [0.25, 0.3) is 0 Å². The van der Waals surface area contributed by atoms with Gasteiger partial charge in [0, 0.05) is 13.2 Å². The molecule has 0 radical (unpaired) electrons. The first-order valence-electron chi connectivity index (χ1n) is 7.33. The molecule has 6 heteroatoms. The van der Waals surface area contributed by atoms with E-state index in [1.54, 1.807) is 42.4 Å². The molecule has 0 fully saturated rings. The fraction of sp³-hybridized carbons (Fsp3) is 0.235. The van der Waals surface area contributed by atoms with Gasteiger partial charge in [-0.3, -0.25) is 14.3 Å². The third-order valence-electron chi connectivity index (χ3n) is 3.96. The Morgan fingerprint density at radius 1 is 1.26 bits per heavy atom. The van der Waals surface area contributed by atoms with Gasteiger partial charge in [-0.15, -0.1) is 0 Å². The lowest BCUT2D eigenvalue weighted by atomic mass is 10.2. The topological polar surface area (TPSA) is 68.3 Å². The number of para-hydroxylation sites is 2. The molecule has 0 N–H and O–H groups in total. The minimum atomic E-state index is -0.529. The van der Waals surface area contributed by atoms with Crippen LogP contribution in [0.5, 0.6) is 0 Å². The zero-order valence-corrected chi connectivity index (χ0v) is 13.0. The summed E-state index contributed by atoms with van der Waals surface area (Å²) in [5, 5.41) is 0. The SMILES string of the molecule is C[C@@H](c1ccccn1)N(C)C(=O)Cn1c(=O)oc2ccccc21. The second kappa shape index (κ2) is 6.08. The van der Waals surface area contributed by atoms with E-state index >= 15 is 0 Å². The van der Waals surface area contributed by atoms with Gasteiger partial charge in [-0.25, -0.2) is 4.79 Å². The predicted molar refractivity (Wildman–Crippen MR) is 85.9 cm³/mol. The lowest BCUT2D eigenvalue weighted by Gasteiger charge is -2.24. The zero-order chi connectivity index (χ0) is 16.4. The van der Waals surface area contributed by atoms with Crippen molar-refractivity contribution < 1.29 is 9.21 Å². The second-order valence-electron chi connectivity index (χ2n) is 5.36. The number of hydrogen-bond donors (Lipinski definition) is 0. The fourth-order valence-electron chi connectivity index (χ4n) is 2.45. The van der Waals surface area contributed by atoms with Crippen molar-refractivity contribution in [2.45, 2.75) is 19.5 Å². The second-order valence-corrected chi connectivity index (χ2v) is 5.36. The van der Waals surface area contributed by atoms with Crippen LogP contribution < -0.4 is 5.76 Å². The van der Waals surface area contributed by atoms with Crippen molar-refractivity contribution in [3.05, 3.63) is 64.9 Å². The van der Waals surface area contributed by atoms with Crippen molar-refractivity contribution in [2.75, 3.05) is 7.05 Å². The summed E-state index contributed by atoms with van der Waals surface area (Å²) in [5.74, 6) is -0.713. The lowest BCUT2D eigenvalue weighted by molar-refractivity contribution is -0.132. The lowest BCUT2D eigenvalue weighted by Crippen LogP contribution is -2.34. The largest absolute Gasteiger partial charge is 0.420 e. The summed E-state index contributed by atoms with van der Waals surface area (Å²) in [7, 11) is 1.70. The van der Waals surface area contributed by atoms with Crippen LogP contribution in [0.1, 0.15) is 18.7 Å². The molecule has 0 aliphatic carbocycles. The van der Waals surface area contributed by atoms with Crippen LogP contribution in [0, 0.1) is 0 Å². The summed E-state index contributed by atoms with van der Waals surface area (Å²) < 4.78 is 6.50. The van der Waals surface area contributed by atoms with Crippen LogP contribution >= 0.6 is 0 Å². The summed E-state index contributed by atoms with van der Waals surface area (Å²) in [6.45, 7) is 1.83. The highest BCUT2D eigenvalue weighted by Gasteiger charge is 2.20. The Labute approximate surface area is 133 Å². The molecule has 0 unspecified atom stereocenters. The van der Waals surface area contributed by atoms with Gasteiger partial charge >= 0.3 is 5.76 Å². The number of pyridine rings is 1. The number of carbonyl (C=O) groups is 1. The molecule has 0 aliphatic heterocycles. The fourth-order valence-corrected chi connectivity index (χ4v) is 2.45. The number of benzene rings is 1. The van der Waals surface area contributed by atoms with E-state index in [0.29, 0.717) is 11.1 Å². The molecule has 3 aromatic rings. The number of nitrogens with zero attached hydrogens (tertiary/aromatic N) is 3. The number of fused-ring (bicyclic) bond motifs is 1. The Hall–Kier alpha value is -2.89. The standard InChI is InChI=1S/C17H17N3O3/c1-12(13-7-5-6-10-18-13)19(2)16(21)11-20-14-8-3-4-9-15(14)23-17(20)22/h3-10,12H,11H2,1-2H3/t12-/m0/s1. The first kappa shape index (κ1) is 15.0. The van der Waals surface area contributed by atoms with Gasteiger partial charge < -0.3 is 9.32 Å². The molecule has 3 rings (SSSR count). The maximum atomic E-state index is 12.5. The first-order valence-corrected chi connectivity index (χ1v) is 7.33.